The van der Waals surface area contributed by atoms with Crippen molar-refractivity contribution in [2.75, 3.05) is 19.0 Å². The smallest absolute Gasteiger partial charge is 0.337 e. The van der Waals surface area contributed by atoms with E-state index in [1.54, 1.807) is 42.5 Å². The third-order valence-corrected chi connectivity index (χ3v) is 3.63. The zero-order chi connectivity index (χ0) is 18.9. The van der Waals surface area contributed by atoms with E-state index in [2.05, 4.69) is 15.4 Å². The van der Waals surface area contributed by atoms with Gasteiger partial charge in [0, 0.05) is 25.6 Å². The first-order valence-electron chi connectivity index (χ1n) is 7.92. The molecule has 26 heavy (non-hydrogen) atoms. The van der Waals surface area contributed by atoms with E-state index in [9.17, 15) is 19.7 Å². The molecule has 2 aromatic carbocycles. The van der Waals surface area contributed by atoms with Crippen molar-refractivity contribution in [1.29, 1.82) is 0 Å². The Morgan fingerprint density at radius 1 is 1.12 bits per heavy atom. The SMILES string of the molecule is COC(=O)c1ccc(CNC(=O)CCNc2ccccc2[N+](=O)[O-])cc1. The van der Waals surface area contributed by atoms with Crippen molar-refractivity contribution in [2.24, 2.45) is 0 Å². The lowest BCUT2D eigenvalue weighted by Gasteiger charge is -2.08. The molecule has 2 N–H and O–H groups in total. The van der Waals surface area contributed by atoms with Crippen LogP contribution in [0.1, 0.15) is 22.3 Å². The highest BCUT2D eigenvalue weighted by atomic mass is 16.6. The topological polar surface area (TPSA) is 111 Å². The molecule has 0 bridgehead atoms. The maximum atomic E-state index is 11.9. The summed E-state index contributed by atoms with van der Waals surface area (Å²) in [5.74, 6) is -0.602. The zero-order valence-electron chi connectivity index (χ0n) is 14.2. The summed E-state index contributed by atoms with van der Waals surface area (Å²) < 4.78 is 4.62. The van der Waals surface area contributed by atoms with Crippen LogP contribution < -0.4 is 10.6 Å². The van der Waals surface area contributed by atoms with E-state index in [0.29, 0.717) is 17.8 Å². The number of hydrogen-bond acceptors (Lipinski definition) is 6. The Hall–Kier alpha value is -3.42. The first kappa shape index (κ1) is 18.9. The lowest BCUT2D eigenvalue weighted by Crippen LogP contribution is -2.25. The summed E-state index contributed by atoms with van der Waals surface area (Å²) >= 11 is 0. The second-order valence-corrected chi connectivity index (χ2v) is 5.42. The summed E-state index contributed by atoms with van der Waals surface area (Å²) in [7, 11) is 1.31. The average molecular weight is 357 g/mol. The molecule has 0 fully saturated rings. The molecule has 1 amide bonds. The molecule has 0 aliphatic rings. The molecule has 0 radical (unpaired) electrons. The van der Waals surface area contributed by atoms with Crippen molar-refractivity contribution >= 4 is 23.3 Å². The minimum Gasteiger partial charge on any atom is -0.465 e. The Morgan fingerprint density at radius 2 is 1.81 bits per heavy atom. The van der Waals surface area contributed by atoms with Crippen LogP contribution in [0.5, 0.6) is 0 Å². The average Bonchev–Trinajstić information content (AvgIpc) is 2.66. The summed E-state index contributed by atoms with van der Waals surface area (Å²) in [6, 6.07) is 13.0. The number of hydrogen-bond donors (Lipinski definition) is 2. The number of nitro benzene ring substituents is 1. The fourth-order valence-corrected chi connectivity index (χ4v) is 2.26. The predicted molar refractivity (Wildman–Crippen MR) is 95.8 cm³/mol. The Labute approximate surface area is 150 Å². The molecule has 2 rings (SSSR count). The normalized spacial score (nSPS) is 10.0. The molecule has 8 nitrogen and oxygen atoms in total. The van der Waals surface area contributed by atoms with Gasteiger partial charge in [-0.25, -0.2) is 4.79 Å². The summed E-state index contributed by atoms with van der Waals surface area (Å²) in [4.78, 5) is 33.7. The number of nitrogens with one attached hydrogen (secondary N) is 2. The van der Waals surface area contributed by atoms with E-state index in [1.807, 2.05) is 0 Å². The summed E-state index contributed by atoms with van der Waals surface area (Å²) in [5.41, 5.74) is 1.64. The number of para-hydroxylation sites is 2. The zero-order valence-corrected chi connectivity index (χ0v) is 14.2. The Balaban J connectivity index is 1.77. The largest absolute Gasteiger partial charge is 0.465 e. The number of amides is 1. The van der Waals surface area contributed by atoms with E-state index in [1.165, 1.54) is 13.2 Å². The van der Waals surface area contributed by atoms with Gasteiger partial charge >= 0.3 is 5.97 Å². The second-order valence-electron chi connectivity index (χ2n) is 5.42. The molecule has 0 aromatic heterocycles. The van der Waals surface area contributed by atoms with E-state index in [4.69, 9.17) is 0 Å². The number of anilines is 1. The highest BCUT2D eigenvalue weighted by molar-refractivity contribution is 5.89. The number of ether oxygens (including phenoxy) is 1. The molecule has 0 aliphatic heterocycles. The minimum atomic E-state index is -0.472. The number of carbonyl (C=O) groups excluding carboxylic acids is 2. The number of carbonyl (C=O) groups is 2. The van der Waals surface area contributed by atoms with Gasteiger partial charge in [0.15, 0.2) is 0 Å². The van der Waals surface area contributed by atoms with Gasteiger partial charge < -0.3 is 15.4 Å². The first-order chi connectivity index (χ1) is 12.5. The van der Waals surface area contributed by atoms with Crippen molar-refractivity contribution in [3.05, 3.63) is 69.8 Å². The third-order valence-electron chi connectivity index (χ3n) is 3.63. The molecule has 8 heteroatoms. The van der Waals surface area contributed by atoms with Gasteiger partial charge in [-0.15, -0.1) is 0 Å². The van der Waals surface area contributed by atoms with Crippen molar-refractivity contribution in [3.63, 3.8) is 0 Å². The van der Waals surface area contributed by atoms with Crippen LogP contribution in [0, 0.1) is 10.1 Å². The van der Waals surface area contributed by atoms with Crippen LogP contribution in [-0.2, 0) is 16.1 Å². The van der Waals surface area contributed by atoms with Gasteiger partial charge in [-0.2, -0.15) is 0 Å². The summed E-state index contributed by atoms with van der Waals surface area (Å²) in [5, 5.41) is 16.6. The van der Waals surface area contributed by atoms with Crippen LogP contribution in [0.15, 0.2) is 48.5 Å². The quantitative estimate of drug-likeness (QED) is 0.427. The van der Waals surface area contributed by atoms with Gasteiger partial charge in [0.25, 0.3) is 5.69 Å². The minimum absolute atomic E-state index is 0.0291. The number of esters is 1. The van der Waals surface area contributed by atoms with E-state index in [0.717, 1.165) is 5.56 Å². The Morgan fingerprint density at radius 3 is 2.46 bits per heavy atom. The Bertz CT molecular complexity index is 790. The molecule has 0 atom stereocenters. The fraction of sp³-hybridized carbons (Fsp3) is 0.222. The van der Waals surface area contributed by atoms with E-state index >= 15 is 0 Å². The lowest BCUT2D eigenvalue weighted by molar-refractivity contribution is -0.384. The van der Waals surface area contributed by atoms with Gasteiger partial charge in [-0.3, -0.25) is 14.9 Å². The molecule has 2 aromatic rings. The van der Waals surface area contributed by atoms with Crippen LogP contribution in [-0.4, -0.2) is 30.5 Å². The van der Waals surface area contributed by atoms with Crippen molar-refractivity contribution in [2.45, 2.75) is 13.0 Å². The van der Waals surface area contributed by atoms with Crippen LogP contribution >= 0.6 is 0 Å². The van der Waals surface area contributed by atoms with Gasteiger partial charge in [0.1, 0.15) is 5.69 Å². The molecular formula is C18H19N3O5. The van der Waals surface area contributed by atoms with Gasteiger partial charge in [-0.05, 0) is 23.8 Å². The monoisotopic (exact) mass is 357 g/mol. The highest BCUT2D eigenvalue weighted by Crippen LogP contribution is 2.22. The van der Waals surface area contributed by atoms with Crippen molar-refractivity contribution in [1.82, 2.24) is 5.32 Å². The molecule has 0 spiro atoms. The molecule has 0 saturated carbocycles. The molecule has 0 unspecified atom stereocenters. The van der Waals surface area contributed by atoms with Crippen LogP contribution in [0.3, 0.4) is 0 Å². The van der Waals surface area contributed by atoms with Gasteiger partial charge in [0.05, 0.1) is 17.6 Å². The lowest BCUT2D eigenvalue weighted by atomic mass is 10.1. The molecule has 0 heterocycles. The first-order valence-corrected chi connectivity index (χ1v) is 7.92. The Kier molecular flexibility index (Phi) is 6.67. The summed E-state index contributed by atoms with van der Waals surface area (Å²) in [6.45, 7) is 0.601. The number of methoxy groups -OCH3 is 1. The fourth-order valence-electron chi connectivity index (χ4n) is 2.26. The number of benzene rings is 2. The van der Waals surface area contributed by atoms with Gasteiger partial charge in [-0.1, -0.05) is 24.3 Å². The van der Waals surface area contributed by atoms with Crippen LogP contribution in [0.2, 0.25) is 0 Å². The molecule has 0 aliphatic carbocycles. The number of rotatable bonds is 8. The number of nitro groups is 1. The highest BCUT2D eigenvalue weighted by Gasteiger charge is 2.12. The molecule has 136 valence electrons. The maximum absolute atomic E-state index is 11.9. The van der Waals surface area contributed by atoms with Crippen molar-refractivity contribution in [3.8, 4) is 0 Å². The molecular weight excluding hydrogens is 338 g/mol. The summed E-state index contributed by atoms with van der Waals surface area (Å²) in [6.07, 6.45) is 0.173. The third kappa shape index (κ3) is 5.30. The maximum Gasteiger partial charge on any atom is 0.337 e. The van der Waals surface area contributed by atoms with E-state index in [-0.39, 0.29) is 24.6 Å². The molecule has 0 saturated heterocycles. The van der Waals surface area contributed by atoms with E-state index < -0.39 is 10.9 Å². The standard InChI is InChI=1S/C18H19N3O5/c1-26-18(23)14-8-6-13(7-9-14)12-20-17(22)10-11-19-15-4-2-3-5-16(15)21(24)25/h2-9,19H,10-12H2,1H3,(H,20,22). The predicted octanol–water partition coefficient (Wildman–Crippen LogP) is 2.50. The second kappa shape index (κ2) is 9.16. The number of nitrogens with zero attached hydrogens (tertiary/aromatic N) is 1. The van der Waals surface area contributed by atoms with Gasteiger partial charge in [0.2, 0.25) is 5.91 Å². The van der Waals surface area contributed by atoms with Crippen molar-refractivity contribution < 1.29 is 19.2 Å². The van der Waals surface area contributed by atoms with Crippen LogP contribution in [0.25, 0.3) is 0 Å². The van der Waals surface area contributed by atoms with Crippen LogP contribution in [0.4, 0.5) is 11.4 Å².